The van der Waals surface area contributed by atoms with Gasteiger partial charge in [-0.2, -0.15) is 0 Å². The topological polar surface area (TPSA) is 56.6 Å². The maximum atomic E-state index is 13.5. The Morgan fingerprint density at radius 2 is 1.70 bits per heavy atom. The summed E-state index contributed by atoms with van der Waals surface area (Å²) in [7, 11) is 1.93. The Kier molecular flexibility index (Phi) is 6.39. The Labute approximate surface area is 193 Å². The molecule has 0 spiro atoms. The number of amides is 1. The van der Waals surface area contributed by atoms with Gasteiger partial charge < -0.3 is 4.90 Å². The Morgan fingerprint density at radius 3 is 2.39 bits per heavy atom. The molecular formula is C25H31FN6O. The van der Waals surface area contributed by atoms with Crippen molar-refractivity contribution in [3.8, 4) is 5.69 Å². The molecule has 2 aliphatic rings. The number of nitrogens with zero attached hydrogens (tertiary/aromatic N) is 5. The molecule has 1 aromatic heterocycles. The first-order chi connectivity index (χ1) is 16.1. The average molecular weight is 451 g/mol. The number of para-hydroxylation sites is 2. The van der Waals surface area contributed by atoms with Crippen LogP contribution in [0.4, 0.5) is 4.39 Å². The highest BCUT2D eigenvalue weighted by molar-refractivity contribution is 5.79. The van der Waals surface area contributed by atoms with E-state index in [0.29, 0.717) is 12.5 Å². The fourth-order valence-electron chi connectivity index (χ4n) is 5.01. The number of hydrogen-bond donors (Lipinski definition) is 1. The van der Waals surface area contributed by atoms with Crippen molar-refractivity contribution >= 4 is 16.9 Å². The van der Waals surface area contributed by atoms with E-state index >= 15 is 0 Å². The van der Waals surface area contributed by atoms with Crippen LogP contribution in [0, 0.1) is 11.7 Å². The van der Waals surface area contributed by atoms with Gasteiger partial charge >= 0.3 is 0 Å². The molecule has 2 aromatic carbocycles. The van der Waals surface area contributed by atoms with Crippen LogP contribution in [0.25, 0.3) is 16.7 Å². The summed E-state index contributed by atoms with van der Waals surface area (Å²) in [6, 6.07) is 14.6. The van der Waals surface area contributed by atoms with Gasteiger partial charge in [-0.3, -0.25) is 19.7 Å². The molecule has 7 nitrogen and oxygen atoms in total. The standard InChI is InChI=1S/C25H31FN6O/c1-27-31-16-14-30(15-17-31)25(33)19-10-12-29(13-11-19)18-24-28-22-4-2-3-5-23(22)32(24)21-8-6-20(26)7-9-21/h2-9,19,27H,10-18H2,1H3. The number of piperidine rings is 1. The summed E-state index contributed by atoms with van der Waals surface area (Å²) in [6.45, 7) is 5.79. The lowest BCUT2D eigenvalue weighted by atomic mass is 9.95. The number of fused-ring (bicyclic) bond motifs is 1. The van der Waals surface area contributed by atoms with Crippen molar-refractivity contribution in [3.63, 3.8) is 0 Å². The minimum atomic E-state index is -0.246. The molecule has 2 fully saturated rings. The molecule has 1 amide bonds. The van der Waals surface area contributed by atoms with Crippen LogP contribution >= 0.6 is 0 Å². The minimum Gasteiger partial charge on any atom is -0.340 e. The number of likely N-dealkylation sites (tertiary alicyclic amines) is 1. The van der Waals surface area contributed by atoms with Gasteiger partial charge in [-0.15, -0.1) is 0 Å². The van der Waals surface area contributed by atoms with E-state index in [-0.39, 0.29) is 11.7 Å². The first-order valence-electron chi connectivity index (χ1n) is 11.8. The molecule has 8 heteroatoms. The predicted molar refractivity (Wildman–Crippen MR) is 126 cm³/mol. The number of halogens is 1. The summed E-state index contributed by atoms with van der Waals surface area (Å²) in [5.74, 6) is 1.11. The third kappa shape index (κ3) is 4.64. The quantitative estimate of drug-likeness (QED) is 0.648. The van der Waals surface area contributed by atoms with Crippen molar-refractivity contribution in [1.29, 1.82) is 0 Å². The first kappa shape index (κ1) is 22.0. The molecule has 0 atom stereocenters. The van der Waals surface area contributed by atoms with E-state index in [0.717, 1.165) is 74.7 Å². The van der Waals surface area contributed by atoms with Gasteiger partial charge in [-0.25, -0.2) is 14.4 Å². The van der Waals surface area contributed by atoms with E-state index < -0.39 is 0 Å². The maximum Gasteiger partial charge on any atom is 0.225 e. The molecule has 5 rings (SSSR count). The van der Waals surface area contributed by atoms with Crippen LogP contribution < -0.4 is 5.43 Å². The van der Waals surface area contributed by atoms with Gasteiger partial charge in [0.15, 0.2) is 0 Å². The van der Waals surface area contributed by atoms with Gasteiger partial charge in [0.05, 0.1) is 17.6 Å². The SMILES string of the molecule is CNN1CCN(C(=O)C2CCN(Cc3nc4ccccc4n3-c3ccc(F)cc3)CC2)CC1. The molecule has 3 aromatic rings. The van der Waals surface area contributed by atoms with Crippen molar-refractivity contribution in [2.75, 3.05) is 46.3 Å². The lowest BCUT2D eigenvalue weighted by molar-refractivity contribution is -0.139. The Balaban J connectivity index is 1.27. The Bertz CT molecular complexity index is 1100. The number of hydrogen-bond acceptors (Lipinski definition) is 5. The summed E-state index contributed by atoms with van der Waals surface area (Å²) in [4.78, 5) is 22.3. The van der Waals surface area contributed by atoms with E-state index in [1.165, 1.54) is 12.1 Å². The van der Waals surface area contributed by atoms with E-state index in [4.69, 9.17) is 4.98 Å². The van der Waals surface area contributed by atoms with Gasteiger partial charge in [0.2, 0.25) is 5.91 Å². The van der Waals surface area contributed by atoms with Gasteiger partial charge in [-0.1, -0.05) is 12.1 Å². The Hall–Kier alpha value is -2.81. The number of carbonyl (C=O) groups excluding carboxylic acids is 1. The lowest BCUT2D eigenvalue weighted by Gasteiger charge is -2.38. The van der Waals surface area contributed by atoms with Gasteiger partial charge in [-0.05, 0) is 69.4 Å². The largest absolute Gasteiger partial charge is 0.340 e. The maximum absolute atomic E-state index is 13.5. The average Bonchev–Trinajstić information content (AvgIpc) is 3.22. The van der Waals surface area contributed by atoms with Crippen molar-refractivity contribution in [2.24, 2.45) is 5.92 Å². The summed E-state index contributed by atoms with van der Waals surface area (Å²) in [5, 5.41) is 2.15. The summed E-state index contributed by atoms with van der Waals surface area (Å²) < 4.78 is 15.6. The molecule has 0 unspecified atom stereocenters. The summed E-state index contributed by atoms with van der Waals surface area (Å²) in [6.07, 6.45) is 1.75. The third-order valence-electron chi connectivity index (χ3n) is 6.92. The highest BCUT2D eigenvalue weighted by atomic mass is 19.1. The second-order valence-electron chi connectivity index (χ2n) is 8.91. The molecule has 33 heavy (non-hydrogen) atoms. The monoisotopic (exact) mass is 450 g/mol. The number of carbonyl (C=O) groups is 1. The van der Waals surface area contributed by atoms with Crippen LogP contribution in [0.2, 0.25) is 0 Å². The molecule has 2 aliphatic heterocycles. The molecule has 0 aliphatic carbocycles. The molecule has 2 saturated heterocycles. The van der Waals surface area contributed by atoms with Crippen LogP contribution in [0.5, 0.6) is 0 Å². The van der Waals surface area contributed by atoms with Crippen molar-refractivity contribution in [3.05, 3.63) is 60.2 Å². The second-order valence-corrected chi connectivity index (χ2v) is 8.91. The molecule has 3 heterocycles. The van der Waals surface area contributed by atoms with Crippen LogP contribution in [-0.4, -0.2) is 76.6 Å². The van der Waals surface area contributed by atoms with Gasteiger partial charge in [0, 0.05) is 37.8 Å². The number of imidazole rings is 1. The number of nitrogens with one attached hydrogen (secondary N) is 1. The number of rotatable bonds is 5. The van der Waals surface area contributed by atoms with Crippen LogP contribution in [-0.2, 0) is 11.3 Å². The van der Waals surface area contributed by atoms with Crippen molar-refractivity contribution in [1.82, 2.24) is 29.8 Å². The Morgan fingerprint density at radius 1 is 1.00 bits per heavy atom. The van der Waals surface area contributed by atoms with Gasteiger partial charge in [0.25, 0.3) is 0 Å². The van der Waals surface area contributed by atoms with E-state index in [2.05, 4.69) is 19.9 Å². The minimum absolute atomic E-state index is 0.110. The number of hydrazine groups is 1. The molecular weight excluding hydrogens is 419 g/mol. The molecule has 0 bridgehead atoms. The van der Waals surface area contributed by atoms with Crippen molar-refractivity contribution < 1.29 is 9.18 Å². The zero-order valence-corrected chi connectivity index (χ0v) is 19.1. The van der Waals surface area contributed by atoms with E-state index in [1.807, 2.05) is 36.2 Å². The lowest BCUT2D eigenvalue weighted by Crippen LogP contribution is -2.54. The smallest absolute Gasteiger partial charge is 0.225 e. The molecule has 0 saturated carbocycles. The van der Waals surface area contributed by atoms with Crippen LogP contribution in [0.1, 0.15) is 18.7 Å². The fraction of sp³-hybridized carbons (Fsp3) is 0.440. The first-order valence-corrected chi connectivity index (χ1v) is 11.8. The van der Waals surface area contributed by atoms with Gasteiger partial charge in [0.1, 0.15) is 11.6 Å². The zero-order valence-electron chi connectivity index (χ0n) is 19.1. The highest BCUT2D eigenvalue weighted by Gasteiger charge is 2.30. The molecule has 174 valence electrons. The zero-order chi connectivity index (χ0) is 22.8. The second kappa shape index (κ2) is 9.59. The summed E-state index contributed by atoms with van der Waals surface area (Å²) >= 11 is 0. The number of benzene rings is 2. The van der Waals surface area contributed by atoms with E-state index in [1.54, 1.807) is 12.1 Å². The molecule has 1 N–H and O–H groups in total. The fourth-order valence-corrected chi connectivity index (χ4v) is 5.01. The highest BCUT2D eigenvalue weighted by Crippen LogP contribution is 2.26. The summed E-state index contributed by atoms with van der Waals surface area (Å²) in [5.41, 5.74) is 6.02. The van der Waals surface area contributed by atoms with Crippen LogP contribution in [0.3, 0.4) is 0 Å². The molecule has 0 radical (unpaired) electrons. The normalized spacial score (nSPS) is 18.8. The number of piperazine rings is 1. The van der Waals surface area contributed by atoms with E-state index in [9.17, 15) is 9.18 Å². The predicted octanol–water partition coefficient (Wildman–Crippen LogP) is 2.66. The number of aromatic nitrogens is 2. The third-order valence-corrected chi connectivity index (χ3v) is 6.92. The van der Waals surface area contributed by atoms with Crippen LogP contribution in [0.15, 0.2) is 48.5 Å². The van der Waals surface area contributed by atoms with Crippen molar-refractivity contribution in [2.45, 2.75) is 19.4 Å².